The summed E-state index contributed by atoms with van der Waals surface area (Å²) in [6, 6.07) is 6.29. The number of hydrogen-bond acceptors (Lipinski definition) is 6. The zero-order chi connectivity index (χ0) is 20.1. The van der Waals surface area contributed by atoms with Crippen molar-refractivity contribution in [1.29, 1.82) is 0 Å². The van der Waals surface area contributed by atoms with Crippen LogP contribution in [0.1, 0.15) is 18.4 Å². The molecular formula is C19H27FN4O3S. The molecule has 0 aromatic heterocycles. The smallest absolute Gasteiger partial charge is 0.261 e. The van der Waals surface area contributed by atoms with E-state index in [0.717, 1.165) is 31.7 Å². The highest BCUT2D eigenvalue weighted by Crippen LogP contribution is 2.22. The van der Waals surface area contributed by atoms with Crippen molar-refractivity contribution in [2.75, 3.05) is 40.0 Å². The second kappa shape index (κ2) is 9.04. The van der Waals surface area contributed by atoms with E-state index < -0.39 is 22.9 Å². The minimum Gasteiger partial charge on any atom is -0.354 e. The molecule has 2 N–H and O–H groups in total. The number of hydrogen-bond donors (Lipinski definition) is 2. The van der Waals surface area contributed by atoms with Crippen LogP contribution >= 0.6 is 0 Å². The molecule has 0 aliphatic carbocycles. The van der Waals surface area contributed by atoms with E-state index in [1.807, 2.05) is 11.2 Å². The fourth-order valence-corrected chi connectivity index (χ4v) is 4.35. The van der Waals surface area contributed by atoms with Gasteiger partial charge in [-0.3, -0.25) is 14.1 Å². The zero-order valence-electron chi connectivity index (χ0n) is 16.1. The normalized spacial score (nSPS) is 22.0. The Bertz CT molecular complexity index is 820. The molecule has 1 fully saturated rings. The first-order chi connectivity index (χ1) is 13.5. The van der Waals surface area contributed by atoms with E-state index in [4.69, 9.17) is 4.74 Å². The largest absolute Gasteiger partial charge is 0.354 e. The summed E-state index contributed by atoms with van der Waals surface area (Å²) in [6.07, 6.45) is 4.80. The molecule has 2 heterocycles. The van der Waals surface area contributed by atoms with Crippen molar-refractivity contribution >= 4 is 10.0 Å². The van der Waals surface area contributed by atoms with Gasteiger partial charge in [0.1, 0.15) is 0 Å². The molecule has 0 bridgehead atoms. The van der Waals surface area contributed by atoms with Gasteiger partial charge in [-0.25, -0.2) is 13.4 Å². The molecule has 1 aromatic carbocycles. The van der Waals surface area contributed by atoms with Gasteiger partial charge in [-0.1, -0.05) is 19.1 Å². The maximum atomic E-state index is 12.8. The van der Waals surface area contributed by atoms with E-state index in [0.29, 0.717) is 5.70 Å². The highest BCUT2D eigenvalue weighted by molar-refractivity contribution is 7.89. The fourth-order valence-electron chi connectivity index (χ4n) is 3.26. The topological polar surface area (TPSA) is 73.9 Å². The number of benzene rings is 1. The first kappa shape index (κ1) is 20.8. The number of nitrogens with zero attached hydrogens (tertiary/aromatic N) is 2. The minimum atomic E-state index is -3.79. The summed E-state index contributed by atoms with van der Waals surface area (Å²) in [5.41, 5.74) is 1.20. The Kier molecular flexibility index (Phi) is 6.71. The van der Waals surface area contributed by atoms with Crippen LogP contribution in [0.25, 0.3) is 0 Å². The molecule has 9 heteroatoms. The van der Waals surface area contributed by atoms with Crippen molar-refractivity contribution in [2.45, 2.75) is 24.0 Å². The summed E-state index contributed by atoms with van der Waals surface area (Å²) in [6.45, 7) is 4.59. The molecule has 7 nitrogen and oxygen atoms in total. The third-order valence-corrected chi connectivity index (χ3v) is 6.30. The van der Waals surface area contributed by atoms with Gasteiger partial charge < -0.3 is 10.1 Å². The monoisotopic (exact) mass is 410 g/mol. The average Bonchev–Trinajstić information content (AvgIpc) is 2.73. The standard InChI is InChI=1S/C19H27FN4O3S/c1-15(14-20)16-5-7-17(8-6-16)28(25,26)22-18-4-3-11-24(19(18)27-2)23-12-9-21-10-13-23/h3-8,11,15,19,21-22H,9-10,12-14H2,1-2H3/t15-,19?/m1/s1. The van der Waals surface area contributed by atoms with E-state index in [9.17, 15) is 12.8 Å². The summed E-state index contributed by atoms with van der Waals surface area (Å²) in [5, 5.41) is 7.32. The first-order valence-electron chi connectivity index (χ1n) is 9.30. The SMILES string of the molecule is COC1C(NS(=O)(=O)c2ccc([C@H](C)CF)cc2)=CC=CN1N1CCNCC1. The van der Waals surface area contributed by atoms with Crippen molar-refractivity contribution in [3.63, 3.8) is 0 Å². The molecule has 0 radical (unpaired) electrons. The molecule has 1 aromatic rings. The molecule has 2 aliphatic rings. The lowest BCUT2D eigenvalue weighted by atomic mass is 10.0. The van der Waals surface area contributed by atoms with E-state index >= 15 is 0 Å². The highest BCUT2D eigenvalue weighted by atomic mass is 32.2. The third kappa shape index (κ3) is 4.54. The number of halogens is 1. The van der Waals surface area contributed by atoms with Crippen molar-refractivity contribution < 1.29 is 17.5 Å². The number of rotatable bonds is 7. The lowest BCUT2D eigenvalue weighted by Gasteiger charge is -2.42. The van der Waals surface area contributed by atoms with Crippen molar-refractivity contribution in [3.05, 3.63) is 53.9 Å². The summed E-state index contributed by atoms with van der Waals surface area (Å²) in [5.74, 6) is -0.263. The zero-order valence-corrected chi connectivity index (χ0v) is 17.0. The molecule has 154 valence electrons. The lowest BCUT2D eigenvalue weighted by molar-refractivity contribution is -0.111. The van der Waals surface area contributed by atoms with Gasteiger partial charge in [0.15, 0.2) is 6.23 Å². The fraction of sp³-hybridized carbons (Fsp3) is 0.474. The number of hydrazine groups is 1. The van der Waals surface area contributed by atoms with Crippen LogP contribution < -0.4 is 10.0 Å². The number of ether oxygens (including phenoxy) is 1. The maximum Gasteiger partial charge on any atom is 0.261 e. The molecular weight excluding hydrogens is 383 g/mol. The molecule has 2 aliphatic heterocycles. The van der Waals surface area contributed by atoms with Crippen LogP contribution in [-0.2, 0) is 14.8 Å². The molecule has 0 saturated carbocycles. The van der Waals surface area contributed by atoms with Gasteiger partial charge in [0.2, 0.25) is 0 Å². The number of methoxy groups -OCH3 is 1. The number of sulfonamides is 1. The number of piperazine rings is 1. The van der Waals surface area contributed by atoms with Crippen LogP contribution in [0, 0.1) is 0 Å². The van der Waals surface area contributed by atoms with Crippen LogP contribution in [-0.4, -0.2) is 64.6 Å². The Morgan fingerprint density at radius 1 is 1.29 bits per heavy atom. The Balaban J connectivity index is 1.76. The van der Waals surface area contributed by atoms with E-state index in [1.165, 1.54) is 12.1 Å². The van der Waals surface area contributed by atoms with Gasteiger partial charge in [-0.2, -0.15) is 0 Å². The quantitative estimate of drug-likeness (QED) is 0.711. The van der Waals surface area contributed by atoms with Gasteiger partial charge in [-0.05, 0) is 29.8 Å². The Morgan fingerprint density at radius 2 is 1.96 bits per heavy atom. The van der Waals surface area contributed by atoms with E-state index in [2.05, 4.69) is 15.0 Å². The molecule has 1 saturated heterocycles. The second-order valence-corrected chi connectivity index (χ2v) is 8.55. The van der Waals surface area contributed by atoms with Crippen LogP contribution in [0.4, 0.5) is 4.39 Å². The minimum absolute atomic E-state index is 0.126. The van der Waals surface area contributed by atoms with Crippen molar-refractivity contribution in [2.24, 2.45) is 0 Å². The highest BCUT2D eigenvalue weighted by Gasteiger charge is 2.30. The second-order valence-electron chi connectivity index (χ2n) is 6.87. The summed E-state index contributed by atoms with van der Waals surface area (Å²) < 4.78 is 46.7. The molecule has 2 atom stereocenters. The molecule has 0 spiro atoms. The molecule has 3 rings (SSSR count). The van der Waals surface area contributed by atoms with Crippen molar-refractivity contribution in [3.8, 4) is 0 Å². The Hall–Kier alpha value is -1.94. The van der Waals surface area contributed by atoms with Gasteiger partial charge >= 0.3 is 0 Å². The van der Waals surface area contributed by atoms with Crippen LogP contribution in [0.5, 0.6) is 0 Å². The van der Waals surface area contributed by atoms with Gasteiger partial charge in [0.25, 0.3) is 10.0 Å². The number of allylic oxidation sites excluding steroid dienone is 2. The van der Waals surface area contributed by atoms with Crippen molar-refractivity contribution in [1.82, 2.24) is 20.1 Å². The van der Waals surface area contributed by atoms with Crippen LogP contribution in [0.15, 0.2) is 53.2 Å². The first-order valence-corrected chi connectivity index (χ1v) is 10.8. The van der Waals surface area contributed by atoms with Gasteiger partial charge in [0.05, 0.1) is 17.3 Å². The van der Waals surface area contributed by atoms with Gasteiger partial charge in [0, 0.05) is 45.4 Å². The number of alkyl halides is 1. The van der Waals surface area contributed by atoms with Crippen LogP contribution in [0.3, 0.4) is 0 Å². The average molecular weight is 411 g/mol. The lowest BCUT2D eigenvalue weighted by Crippen LogP contribution is -2.56. The Labute approximate surface area is 165 Å². The molecule has 28 heavy (non-hydrogen) atoms. The Morgan fingerprint density at radius 3 is 2.57 bits per heavy atom. The third-order valence-electron chi connectivity index (χ3n) is 4.91. The number of nitrogens with one attached hydrogen (secondary N) is 2. The van der Waals surface area contributed by atoms with Crippen LogP contribution in [0.2, 0.25) is 0 Å². The summed E-state index contributed by atoms with van der Waals surface area (Å²) >= 11 is 0. The van der Waals surface area contributed by atoms with Gasteiger partial charge in [-0.15, -0.1) is 0 Å². The maximum absolute atomic E-state index is 12.8. The summed E-state index contributed by atoms with van der Waals surface area (Å²) in [7, 11) is -2.24. The predicted molar refractivity (Wildman–Crippen MR) is 105 cm³/mol. The predicted octanol–water partition coefficient (Wildman–Crippen LogP) is 1.54. The van der Waals surface area contributed by atoms with E-state index in [-0.39, 0.29) is 10.8 Å². The molecule has 0 amide bonds. The van der Waals surface area contributed by atoms with E-state index in [1.54, 1.807) is 38.3 Å². The summed E-state index contributed by atoms with van der Waals surface area (Å²) in [4.78, 5) is 0.126. The molecule has 1 unspecified atom stereocenters.